The Labute approximate surface area is 228 Å². The number of para-hydroxylation sites is 1. The van der Waals surface area contributed by atoms with E-state index in [-0.39, 0.29) is 24.5 Å². The zero-order valence-electron chi connectivity index (χ0n) is 22.6. The first-order chi connectivity index (χ1) is 18.8. The first kappa shape index (κ1) is 28.0. The number of carbonyl (C=O) groups is 4. The van der Waals surface area contributed by atoms with Gasteiger partial charge in [-0.05, 0) is 30.0 Å². The highest BCUT2D eigenvalue weighted by Gasteiger charge is 2.43. The zero-order valence-corrected chi connectivity index (χ0v) is 22.6. The van der Waals surface area contributed by atoms with Gasteiger partial charge in [0.2, 0.25) is 11.8 Å². The van der Waals surface area contributed by atoms with Crippen molar-refractivity contribution in [3.63, 3.8) is 0 Å². The van der Waals surface area contributed by atoms with E-state index in [1.807, 2.05) is 68.4 Å². The number of aromatic amines is 1. The molecule has 1 aromatic heterocycles. The lowest BCUT2D eigenvalue weighted by molar-refractivity contribution is -0.141. The molecular formula is C30H36N4O5. The van der Waals surface area contributed by atoms with Gasteiger partial charge in [0.1, 0.15) is 24.1 Å². The molecule has 9 nitrogen and oxygen atoms in total. The van der Waals surface area contributed by atoms with Crippen molar-refractivity contribution in [3.05, 3.63) is 71.9 Å². The molecule has 206 valence electrons. The fourth-order valence-electron chi connectivity index (χ4n) is 4.82. The van der Waals surface area contributed by atoms with Gasteiger partial charge in [-0.1, -0.05) is 69.3 Å². The molecule has 1 aliphatic rings. The summed E-state index contributed by atoms with van der Waals surface area (Å²) in [5.74, 6) is -1.41. The molecule has 0 bridgehead atoms. The number of rotatable bonds is 11. The lowest BCUT2D eigenvalue weighted by atomic mass is 10.0. The topological polar surface area (TPSA) is 121 Å². The summed E-state index contributed by atoms with van der Waals surface area (Å²) in [7, 11) is 0. The van der Waals surface area contributed by atoms with E-state index in [0.717, 1.165) is 16.5 Å². The number of ether oxygens (including phenoxy) is 1. The van der Waals surface area contributed by atoms with E-state index in [0.29, 0.717) is 31.4 Å². The quantitative estimate of drug-likeness (QED) is 0.328. The second-order valence-corrected chi connectivity index (χ2v) is 10.3. The highest BCUT2D eigenvalue weighted by Crippen LogP contribution is 2.25. The largest absolute Gasteiger partial charge is 0.372 e. The summed E-state index contributed by atoms with van der Waals surface area (Å²) in [6.07, 6.45) is 1.05. The van der Waals surface area contributed by atoms with Crippen LogP contribution in [0.4, 0.5) is 0 Å². The van der Waals surface area contributed by atoms with Crippen LogP contribution in [0.25, 0.3) is 10.9 Å². The number of hydrogen-bond donors (Lipinski definition) is 3. The molecule has 0 aliphatic carbocycles. The van der Waals surface area contributed by atoms with Gasteiger partial charge in [-0.15, -0.1) is 0 Å². The fraction of sp³-hybridized carbons (Fsp3) is 0.400. The van der Waals surface area contributed by atoms with Gasteiger partial charge in [0.05, 0.1) is 18.8 Å². The molecule has 0 spiro atoms. The van der Waals surface area contributed by atoms with E-state index in [1.165, 1.54) is 4.90 Å². The number of benzene rings is 2. The number of hydrogen-bond acceptors (Lipinski definition) is 5. The Morgan fingerprint density at radius 3 is 2.46 bits per heavy atom. The lowest BCUT2D eigenvalue weighted by Crippen LogP contribution is -2.56. The van der Waals surface area contributed by atoms with Crippen LogP contribution in [-0.2, 0) is 25.7 Å². The average Bonchev–Trinajstić information content (AvgIpc) is 3.58. The van der Waals surface area contributed by atoms with Gasteiger partial charge in [-0.2, -0.15) is 0 Å². The Bertz CT molecular complexity index is 1270. The highest BCUT2D eigenvalue weighted by atomic mass is 16.5. The van der Waals surface area contributed by atoms with Crippen LogP contribution in [0.3, 0.4) is 0 Å². The third kappa shape index (κ3) is 6.72. The number of likely N-dealkylation sites (tertiary alicyclic amines) is 1. The number of aromatic nitrogens is 1. The normalized spacial score (nSPS) is 18.6. The minimum Gasteiger partial charge on any atom is -0.372 e. The van der Waals surface area contributed by atoms with Crippen molar-refractivity contribution in [2.24, 2.45) is 5.92 Å². The Morgan fingerprint density at radius 1 is 1.08 bits per heavy atom. The molecule has 1 aliphatic heterocycles. The second-order valence-electron chi connectivity index (χ2n) is 10.3. The van der Waals surface area contributed by atoms with E-state index in [2.05, 4.69) is 15.6 Å². The minimum absolute atomic E-state index is 0.202. The van der Waals surface area contributed by atoms with Gasteiger partial charge < -0.3 is 30.0 Å². The van der Waals surface area contributed by atoms with Crippen LogP contribution in [0.5, 0.6) is 0 Å². The molecule has 1 saturated heterocycles. The molecule has 0 unspecified atom stereocenters. The SMILES string of the molecule is CC[C@@H](C=O)NC(=O)[C@@H]1C[C@@H](OCc2ccccc2)CN1C(=O)[C@@H](NC(=O)c1cc2ccccc2[nH]1)C(C)C. The standard InChI is InChI=1S/C30H36N4O5/c1-4-22(17-35)31-29(37)26-15-23(39-18-20-10-6-5-7-11-20)16-34(26)30(38)27(19(2)3)33-28(36)25-14-21-12-8-9-13-24(21)32-25/h5-14,17,19,22-23,26-27,32H,4,15-16,18H2,1-3H3,(H,31,37)(H,33,36)/t22-,23+,26-,27-/m0/s1. The van der Waals surface area contributed by atoms with E-state index in [4.69, 9.17) is 4.74 Å². The Hall–Kier alpha value is -3.98. The molecule has 4 rings (SSSR count). The van der Waals surface area contributed by atoms with Crippen LogP contribution in [0.1, 0.15) is 49.7 Å². The number of fused-ring (bicyclic) bond motifs is 1. The molecule has 0 radical (unpaired) electrons. The summed E-state index contributed by atoms with van der Waals surface area (Å²) in [6.45, 7) is 6.05. The predicted octanol–water partition coefficient (Wildman–Crippen LogP) is 3.20. The fourth-order valence-corrected chi connectivity index (χ4v) is 4.82. The molecule has 2 heterocycles. The van der Waals surface area contributed by atoms with Crippen LogP contribution in [-0.4, -0.2) is 64.7 Å². The van der Waals surface area contributed by atoms with Crippen LogP contribution >= 0.6 is 0 Å². The van der Waals surface area contributed by atoms with Crippen molar-refractivity contribution in [2.75, 3.05) is 6.54 Å². The lowest BCUT2D eigenvalue weighted by Gasteiger charge is -2.30. The number of aldehydes is 1. The monoisotopic (exact) mass is 532 g/mol. The van der Waals surface area contributed by atoms with Crippen LogP contribution in [0.2, 0.25) is 0 Å². The Morgan fingerprint density at radius 2 is 1.79 bits per heavy atom. The van der Waals surface area contributed by atoms with Crippen LogP contribution < -0.4 is 10.6 Å². The minimum atomic E-state index is -0.861. The Kier molecular flexibility index (Phi) is 9.14. The number of carbonyl (C=O) groups excluding carboxylic acids is 4. The molecule has 3 amide bonds. The van der Waals surface area contributed by atoms with Gasteiger partial charge in [-0.25, -0.2) is 0 Å². The van der Waals surface area contributed by atoms with E-state index < -0.39 is 29.9 Å². The molecule has 3 aromatic rings. The Balaban J connectivity index is 1.52. The molecule has 1 fully saturated rings. The highest BCUT2D eigenvalue weighted by molar-refractivity contribution is 6.01. The van der Waals surface area contributed by atoms with Crippen molar-refractivity contribution >= 4 is 34.9 Å². The summed E-state index contributed by atoms with van der Waals surface area (Å²) in [5, 5.41) is 6.51. The van der Waals surface area contributed by atoms with Crippen molar-refractivity contribution in [1.29, 1.82) is 0 Å². The van der Waals surface area contributed by atoms with Gasteiger partial charge in [0.25, 0.3) is 5.91 Å². The number of nitrogens with zero attached hydrogens (tertiary/aromatic N) is 1. The van der Waals surface area contributed by atoms with Crippen molar-refractivity contribution in [3.8, 4) is 0 Å². The smallest absolute Gasteiger partial charge is 0.268 e. The van der Waals surface area contributed by atoms with Gasteiger partial charge in [0.15, 0.2) is 0 Å². The molecular weight excluding hydrogens is 496 g/mol. The first-order valence-corrected chi connectivity index (χ1v) is 13.4. The van der Waals surface area contributed by atoms with Crippen molar-refractivity contribution in [1.82, 2.24) is 20.5 Å². The summed E-state index contributed by atoms with van der Waals surface area (Å²) in [5.41, 5.74) is 2.16. The molecule has 3 N–H and O–H groups in total. The first-order valence-electron chi connectivity index (χ1n) is 13.4. The van der Waals surface area contributed by atoms with Gasteiger partial charge in [0, 0.05) is 23.9 Å². The van der Waals surface area contributed by atoms with E-state index in [9.17, 15) is 19.2 Å². The average molecular weight is 533 g/mol. The molecule has 39 heavy (non-hydrogen) atoms. The number of H-pyrrole nitrogens is 1. The second kappa shape index (κ2) is 12.7. The summed E-state index contributed by atoms with van der Waals surface area (Å²) < 4.78 is 6.10. The van der Waals surface area contributed by atoms with Crippen molar-refractivity contribution in [2.45, 2.75) is 64.4 Å². The third-order valence-electron chi connectivity index (χ3n) is 7.10. The van der Waals surface area contributed by atoms with E-state index in [1.54, 1.807) is 13.0 Å². The number of amides is 3. The summed E-state index contributed by atoms with van der Waals surface area (Å²) >= 11 is 0. The molecule has 9 heteroatoms. The van der Waals surface area contributed by atoms with Crippen LogP contribution in [0.15, 0.2) is 60.7 Å². The zero-order chi connectivity index (χ0) is 27.9. The maximum Gasteiger partial charge on any atom is 0.268 e. The van der Waals surface area contributed by atoms with Crippen LogP contribution in [0, 0.1) is 5.92 Å². The molecule has 4 atom stereocenters. The molecule has 0 saturated carbocycles. The van der Waals surface area contributed by atoms with Crippen molar-refractivity contribution < 1.29 is 23.9 Å². The van der Waals surface area contributed by atoms with Gasteiger partial charge >= 0.3 is 0 Å². The molecule has 2 aromatic carbocycles. The number of nitrogens with one attached hydrogen (secondary N) is 3. The van der Waals surface area contributed by atoms with Gasteiger partial charge in [-0.3, -0.25) is 14.4 Å². The maximum absolute atomic E-state index is 13.9. The summed E-state index contributed by atoms with van der Waals surface area (Å²) in [6, 6.07) is 16.6. The predicted molar refractivity (Wildman–Crippen MR) is 148 cm³/mol. The van der Waals surface area contributed by atoms with E-state index >= 15 is 0 Å². The summed E-state index contributed by atoms with van der Waals surface area (Å²) in [4.78, 5) is 56.2. The third-order valence-corrected chi connectivity index (χ3v) is 7.10. The maximum atomic E-state index is 13.9.